The van der Waals surface area contributed by atoms with Crippen molar-refractivity contribution in [2.24, 2.45) is 10.9 Å². The van der Waals surface area contributed by atoms with E-state index in [1.807, 2.05) is 14.1 Å². The Kier molecular flexibility index (Phi) is 4.43. The van der Waals surface area contributed by atoms with Gasteiger partial charge in [-0.25, -0.2) is 9.97 Å². The summed E-state index contributed by atoms with van der Waals surface area (Å²) in [5, 5.41) is 11.3. The molecule has 7 nitrogen and oxygen atoms in total. The normalized spacial score (nSPS) is 12.8. The van der Waals surface area contributed by atoms with Crippen LogP contribution in [0.15, 0.2) is 17.5 Å². The van der Waals surface area contributed by atoms with Gasteiger partial charge in [-0.15, -0.1) is 0 Å². The Morgan fingerprint density at radius 3 is 2.56 bits per heavy atom. The van der Waals surface area contributed by atoms with Crippen LogP contribution in [0.2, 0.25) is 0 Å². The minimum atomic E-state index is -0.105. The smallest absolute Gasteiger partial charge is 0.232 e. The molecule has 0 aliphatic carbocycles. The summed E-state index contributed by atoms with van der Waals surface area (Å²) in [6.07, 6.45) is 2.84. The highest BCUT2D eigenvalue weighted by molar-refractivity contribution is 5.94. The van der Waals surface area contributed by atoms with E-state index in [2.05, 4.69) is 33.9 Å². The summed E-state index contributed by atoms with van der Waals surface area (Å²) in [4.78, 5) is 10.1. The van der Waals surface area contributed by atoms with Gasteiger partial charge in [0, 0.05) is 5.54 Å². The molecule has 0 aliphatic heterocycles. The van der Waals surface area contributed by atoms with E-state index < -0.39 is 0 Å². The number of rotatable bonds is 5. The molecule has 100 valence electrons. The lowest BCUT2D eigenvalue weighted by molar-refractivity contribution is 0.111. The van der Waals surface area contributed by atoms with Crippen molar-refractivity contribution in [2.45, 2.75) is 19.4 Å². The second-order valence-electron chi connectivity index (χ2n) is 4.72. The molecule has 1 heterocycles. The van der Waals surface area contributed by atoms with E-state index in [0.717, 1.165) is 0 Å². The van der Waals surface area contributed by atoms with Gasteiger partial charge in [-0.05, 0) is 27.9 Å². The number of hydrogen-bond acceptors (Lipinski definition) is 6. The fraction of sp³-hybridized carbons (Fsp3) is 0.545. The van der Waals surface area contributed by atoms with Crippen molar-refractivity contribution in [3.8, 4) is 5.88 Å². The maximum atomic E-state index is 8.49. The Balaban J connectivity index is 2.65. The maximum Gasteiger partial charge on any atom is 0.232 e. The first kappa shape index (κ1) is 14.2. The van der Waals surface area contributed by atoms with Gasteiger partial charge in [0.25, 0.3) is 0 Å². The largest absolute Gasteiger partial charge is 0.475 e. The quantitative estimate of drug-likeness (QED) is 0.339. The van der Waals surface area contributed by atoms with E-state index in [1.165, 1.54) is 12.4 Å². The van der Waals surface area contributed by atoms with Crippen molar-refractivity contribution >= 4 is 5.84 Å². The molecule has 0 unspecified atom stereocenters. The molecule has 1 aromatic heterocycles. The van der Waals surface area contributed by atoms with Crippen LogP contribution < -0.4 is 10.5 Å². The zero-order chi connectivity index (χ0) is 13.8. The molecule has 0 amide bonds. The average Bonchev–Trinajstić information content (AvgIpc) is 2.36. The number of nitrogens with two attached hydrogens (primary N) is 1. The molecular formula is C11H19N5O2. The highest BCUT2D eigenvalue weighted by Crippen LogP contribution is 2.12. The fourth-order valence-electron chi connectivity index (χ4n) is 0.954. The lowest BCUT2D eigenvalue weighted by atomic mass is 10.1. The molecule has 0 aromatic carbocycles. The molecule has 3 N–H and O–H groups in total. The van der Waals surface area contributed by atoms with Crippen molar-refractivity contribution in [3.05, 3.63) is 18.1 Å². The van der Waals surface area contributed by atoms with E-state index in [4.69, 9.17) is 15.7 Å². The SMILES string of the molecule is CN(C)C(C)(C)COc1cnc(C(N)=NO)cn1. The van der Waals surface area contributed by atoms with Crippen LogP contribution in [0.5, 0.6) is 5.88 Å². The molecular weight excluding hydrogens is 234 g/mol. The number of aromatic nitrogens is 2. The van der Waals surface area contributed by atoms with Crippen molar-refractivity contribution in [3.63, 3.8) is 0 Å². The van der Waals surface area contributed by atoms with Crippen LogP contribution in [0.4, 0.5) is 0 Å². The molecule has 0 radical (unpaired) electrons. The van der Waals surface area contributed by atoms with Gasteiger partial charge in [-0.1, -0.05) is 5.16 Å². The zero-order valence-electron chi connectivity index (χ0n) is 11.1. The number of hydrogen-bond donors (Lipinski definition) is 2. The maximum absolute atomic E-state index is 8.49. The molecule has 1 aromatic rings. The zero-order valence-corrected chi connectivity index (χ0v) is 11.1. The monoisotopic (exact) mass is 253 g/mol. The second kappa shape index (κ2) is 5.63. The van der Waals surface area contributed by atoms with Crippen LogP contribution in [-0.4, -0.2) is 52.2 Å². The number of ether oxygens (including phenoxy) is 1. The third-order valence-electron chi connectivity index (χ3n) is 2.78. The van der Waals surface area contributed by atoms with E-state index in [9.17, 15) is 0 Å². The van der Waals surface area contributed by atoms with Gasteiger partial charge in [0.05, 0.1) is 12.4 Å². The van der Waals surface area contributed by atoms with Crippen LogP contribution in [0.1, 0.15) is 19.5 Å². The summed E-state index contributed by atoms with van der Waals surface area (Å²) in [6.45, 7) is 4.61. The van der Waals surface area contributed by atoms with Crippen LogP contribution >= 0.6 is 0 Å². The number of amidine groups is 1. The molecule has 0 bridgehead atoms. The second-order valence-corrected chi connectivity index (χ2v) is 4.72. The topological polar surface area (TPSA) is 96.9 Å². The first-order valence-corrected chi connectivity index (χ1v) is 5.47. The molecule has 1 rings (SSSR count). The van der Waals surface area contributed by atoms with Crippen LogP contribution in [0, 0.1) is 0 Å². The van der Waals surface area contributed by atoms with Crippen LogP contribution in [0.3, 0.4) is 0 Å². The third-order valence-corrected chi connectivity index (χ3v) is 2.78. The van der Waals surface area contributed by atoms with Crippen LogP contribution in [0.25, 0.3) is 0 Å². The Labute approximate surface area is 106 Å². The molecule has 0 saturated heterocycles. The van der Waals surface area contributed by atoms with Crippen molar-refractivity contribution in [1.82, 2.24) is 14.9 Å². The summed E-state index contributed by atoms with van der Waals surface area (Å²) in [7, 11) is 3.97. The van der Waals surface area contributed by atoms with Gasteiger partial charge in [0.2, 0.25) is 5.88 Å². The van der Waals surface area contributed by atoms with Crippen molar-refractivity contribution < 1.29 is 9.94 Å². The van der Waals surface area contributed by atoms with E-state index in [-0.39, 0.29) is 11.4 Å². The van der Waals surface area contributed by atoms with Gasteiger partial charge in [-0.3, -0.25) is 0 Å². The number of likely N-dealkylation sites (N-methyl/N-ethyl adjacent to an activating group) is 1. The highest BCUT2D eigenvalue weighted by atomic mass is 16.5. The van der Waals surface area contributed by atoms with Gasteiger partial charge >= 0.3 is 0 Å². The first-order valence-electron chi connectivity index (χ1n) is 5.47. The lowest BCUT2D eigenvalue weighted by Crippen LogP contribution is -2.43. The minimum absolute atomic E-state index is 0.0809. The van der Waals surface area contributed by atoms with Gasteiger partial charge in [0.15, 0.2) is 5.84 Å². The van der Waals surface area contributed by atoms with Gasteiger partial charge in [-0.2, -0.15) is 0 Å². The fourth-order valence-corrected chi connectivity index (χ4v) is 0.954. The summed E-state index contributed by atoms with van der Waals surface area (Å²) < 4.78 is 5.54. The molecule has 0 spiro atoms. The summed E-state index contributed by atoms with van der Waals surface area (Å²) in [5.41, 5.74) is 5.57. The summed E-state index contributed by atoms with van der Waals surface area (Å²) >= 11 is 0. The standard InChI is InChI=1S/C11H19N5O2/c1-11(2,16(3)4)7-18-9-6-13-8(5-14-9)10(12)15-17/h5-6,17H,7H2,1-4H3,(H2,12,15). The molecule has 0 atom stereocenters. The molecule has 0 saturated carbocycles. The molecule has 18 heavy (non-hydrogen) atoms. The summed E-state index contributed by atoms with van der Waals surface area (Å²) in [6, 6.07) is 0. The number of nitrogens with zero attached hydrogens (tertiary/aromatic N) is 4. The minimum Gasteiger partial charge on any atom is -0.475 e. The lowest BCUT2D eigenvalue weighted by Gasteiger charge is -2.31. The molecule has 7 heteroatoms. The van der Waals surface area contributed by atoms with Crippen molar-refractivity contribution in [2.75, 3.05) is 20.7 Å². The predicted octanol–water partition coefficient (Wildman–Crippen LogP) is 0.290. The Hall–Kier alpha value is -1.89. The summed E-state index contributed by atoms with van der Waals surface area (Å²) in [5.74, 6) is 0.321. The van der Waals surface area contributed by atoms with E-state index in [0.29, 0.717) is 18.2 Å². The predicted molar refractivity (Wildman–Crippen MR) is 67.8 cm³/mol. The number of oxime groups is 1. The third kappa shape index (κ3) is 3.56. The Morgan fingerprint density at radius 2 is 2.11 bits per heavy atom. The molecule has 0 fully saturated rings. The molecule has 0 aliphatic rings. The van der Waals surface area contributed by atoms with Gasteiger partial charge < -0.3 is 20.6 Å². The van der Waals surface area contributed by atoms with Gasteiger partial charge in [0.1, 0.15) is 12.3 Å². The van der Waals surface area contributed by atoms with E-state index in [1.54, 1.807) is 0 Å². The van der Waals surface area contributed by atoms with E-state index >= 15 is 0 Å². The van der Waals surface area contributed by atoms with Crippen molar-refractivity contribution in [1.29, 1.82) is 0 Å². The van der Waals surface area contributed by atoms with Crippen LogP contribution in [-0.2, 0) is 0 Å². The Morgan fingerprint density at radius 1 is 1.44 bits per heavy atom. The Bertz CT molecular complexity index is 414. The highest BCUT2D eigenvalue weighted by Gasteiger charge is 2.21. The first-order chi connectivity index (χ1) is 8.36. The average molecular weight is 253 g/mol.